The molecular formula is C23H25ClN4O2. The molecule has 2 aromatic carbocycles. The third-order valence-corrected chi connectivity index (χ3v) is 5.10. The van der Waals surface area contributed by atoms with E-state index in [4.69, 9.17) is 20.8 Å². The number of oxazole rings is 1. The number of hydrogen-bond donors (Lipinski definition) is 1. The molecule has 3 aromatic rings. The second-order valence-corrected chi connectivity index (χ2v) is 7.10. The molecule has 0 radical (unpaired) electrons. The standard InChI is InChI=1S/C23H25ClN4O2/c1-3-28(4-2)21(17-8-6-5-7-9-17)15-26-23-20(14-25)27-22(30-23)16-29-19-12-10-18(24)11-13-19/h5-13,21,26H,3-4,15-16H2,1-2H3. The number of benzene rings is 2. The first-order valence-corrected chi connectivity index (χ1v) is 10.3. The summed E-state index contributed by atoms with van der Waals surface area (Å²) in [6, 6.07) is 19.6. The fraction of sp³-hybridized carbons (Fsp3) is 0.304. The largest absolute Gasteiger partial charge is 0.484 e. The molecule has 1 unspecified atom stereocenters. The molecule has 0 bridgehead atoms. The predicted octanol–water partition coefficient (Wildman–Crippen LogP) is 5.27. The number of nitriles is 1. The van der Waals surface area contributed by atoms with Crippen molar-refractivity contribution in [3.05, 3.63) is 76.8 Å². The van der Waals surface area contributed by atoms with E-state index in [1.54, 1.807) is 24.3 Å². The van der Waals surface area contributed by atoms with Crippen molar-refractivity contribution in [3.8, 4) is 11.8 Å². The van der Waals surface area contributed by atoms with Crippen LogP contribution in [-0.2, 0) is 6.61 Å². The van der Waals surface area contributed by atoms with E-state index in [0.29, 0.717) is 29.1 Å². The summed E-state index contributed by atoms with van der Waals surface area (Å²) in [6.07, 6.45) is 0. The number of ether oxygens (including phenoxy) is 1. The Morgan fingerprint density at radius 2 is 1.83 bits per heavy atom. The van der Waals surface area contributed by atoms with Crippen molar-refractivity contribution in [3.63, 3.8) is 0 Å². The van der Waals surface area contributed by atoms with Crippen molar-refractivity contribution in [2.45, 2.75) is 26.5 Å². The van der Waals surface area contributed by atoms with Gasteiger partial charge in [0.25, 0.3) is 0 Å². The zero-order valence-corrected chi connectivity index (χ0v) is 17.9. The highest BCUT2D eigenvalue weighted by Gasteiger charge is 2.20. The molecule has 6 nitrogen and oxygen atoms in total. The Kier molecular flexibility index (Phi) is 7.72. The fourth-order valence-electron chi connectivity index (χ4n) is 3.28. The number of hydrogen-bond acceptors (Lipinski definition) is 6. The second kappa shape index (κ2) is 10.7. The average molecular weight is 425 g/mol. The number of rotatable bonds is 10. The Morgan fingerprint density at radius 3 is 2.47 bits per heavy atom. The summed E-state index contributed by atoms with van der Waals surface area (Å²) >= 11 is 5.89. The molecule has 0 aliphatic rings. The van der Waals surface area contributed by atoms with Crippen LogP contribution in [0.4, 0.5) is 5.88 Å². The van der Waals surface area contributed by atoms with Gasteiger partial charge < -0.3 is 14.5 Å². The first-order valence-electron chi connectivity index (χ1n) is 9.95. The molecule has 1 N–H and O–H groups in total. The van der Waals surface area contributed by atoms with E-state index in [1.807, 2.05) is 18.2 Å². The molecule has 1 aromatic heterocycles. The zero-order valence-electron chi connectivity index (χ0n) is 17.1. The van der Waals surface area contributed by atoms with Gasteiger partial charge in [-0.2, -0.15) is 10.2 Å². The van der Waals surface area contributed by atoms with Gasteiger partial charge in [0.05, 0.1) is 6.04 Å². The van der Waals surface area contributed by atoms with Gasteiger partial charge in [0.2, 0.25) is 17.5 Å². The van der Waals surface area contributed by atoms with E-state index in [1.165, 1.54) is 5.56 Å². The Balaban J connectivity index is 1.70. The van der Waals surface area contributed by atoms with E-state index in [0.717, 1.165) is 13.1 Å². The van der Waals surface area contributed by atoms with Crippen LogP contribution in [0.15, 0.2) is 59.0 Å². The number of aromatic nitrogens is 1. The van der Waals surface area contributed by atoms with Crippen LogP contribution in [0.3, 0.4) is 0 Å². The van der Waals surface area contributed by atoms with Crippen LogP contribution >= 0.6 is 11.6 Å². The third-order valence-electron chi connectivity index (χ3n) is 4.85. The topological polar surface area (TPSA) is 74.3 Å². The Labute approximate surface area is 182 Å². The van der Waals surface area contributed by atoms with Crippen molar-refractivity contribution in [2.24, 2.45) is 0 Å². The average Bonchev–Trinajstić information content (AvgIpc) is 3.19. The first kappa shape index (κ1) is 21.7. The summed E-state index contributed by atoms with van der Waals surface area (Å²) in [5.41, 5.74) is 1.43. The molecule has 0 saturated carbocycles. The molecule has 30 heavy (non-hydrogen) atoms. The molecule has 156 valence electrons. The number of nitrogens with one attached hydrogen (secondary N) is 1. The third kappa shape index (κ3) is 5.53. The lowest BCUT2D eigenvalue weighted by atomic mass is 10.1. The van der Waals surface area contributed by atoms with E-state index in [-0.39, 0.29) is 18.3 Å². The minimum Gasteiger partial charge on any atom is -0.484 e. The number of anilines is 1. The summed E-state index contributed by atoms with van der Waals surface area (Å²) in [5, 5.41) is 13.4. The molecule has 0 amide bonds. The van der Waals surface area contributed by atoms with Crippen LogP contribution in [0.2, 0.25) is 5.02 Å². The summed E-state index contributed by atoms with van der Waals surface area (Å²) in [7, 11) is 0. The van der Waals surface area contributed by atoms with Gasteiger partial charge in [0.1, 0.15) is 11.8 Å². The maximum Gasteiger partial charge on any atom is 0.236 e. The summed E-state index contributed by atoms with van der Waals surface area (Å²) < 4.78 is 11.4. The van der Waals surface area contributed by atoms with Crippen LogP contribution in [-0.4, -0.2) is 29.5 Å². The second-order valence-electron chi connectivity index (χ2n) is 6.67. The molecule has 7 heteroatoms. The highest BCUT2D eigenvalue weighted by Crippen LogP contribution is 2.24. The summed E-state index contributed by atoms with van der Waals surface area (Å²) in [4.78, 5) is 6.60. The Bertz CT molecular complexity index is 963. The quantitative estimate of drug-likeness (QED) is 0.477. The van der Waals surface area contributed by atoms with Gasteiger partial charge in [-0.15, -0.1) is 0 Å². The summed E-state index contributed by atoms with van der Waals surface area (Å²) in [5.74, 6) is 1.35. The molecule has 0 aliphatic carbocycles. The molecule has 1 heterocycles. The lowest BCUT2D eigenvalue weighted by Gasteiger charge is -2.30. The normalized spacial score (nSPS) is 11.8. The molecular weight excluding hydrogens is 400 g/mol. The van der Waals surface area contributed by atoms with Crippen LogP contribution < -0.4 is 10.1 Å². The van der Waals surface area contributed by atoms with Gasteiger partial charge in [-0.3, -0.25) is 4.90 Å². The van der Waals surface area contributed by atoms with Gasteiger partial charge in [0.15, 0.2) is 6.61 Å². The maximum absolute atomic E-state index is 9.45. The van der Waals surface area contributed by atoms with Gasteiger partial charge in [-0.05, 0) is 42.9 Å². The van der Waals surface area contributed by atoms with E-state index < -0.39 is 0 Å². The predicted molar refractivity (Wildman–Crippen MR) is 118 cm³/mol. The number of nitrogens with zero attached hydrogens (tertiary/aromatic N) is 3. The number of halogens is 1. The fourth-order valence-corrected chi connectivity index (χ4v) is 3.41. The highest BCUT2D eigenvalue weighted by atomic mass is 35.5. The van der Waals surface area contributed by atoms with Crippen LogP contribution in [0.5, 0.6) is 5.75 Å². The molecule has 0 saturated heterocycles. The van der Waals surface area contributed by atoms with E-state index in [9.17, 15) is 5.26 Å². The van der Waals surface area contributed by atoms with E-state index in [2.05, 4.69) is 47.3 Å². The lowest BCUT2D eigenvalue weighted by molar-refractivity contribution is 0.227. The lowest BCUT2D eigenvalue weighted by Crippen LogP contribution is -2.33. The van der Waals surface area contributed by atoms with Crippen molar-refractivity contribution in [1.82, 2.24) is 9.88 Å². The monoisotopic (exact) mass is 424 g/mol. The van der Waals surface area contributed by atoms with Gasteiger partial charge >= 0.3 is 0 Å². The SMILES string of the molecule is CCN(CC)C(CNc1oc(COc2ccc(Cl)cc2)nc1C#N)c1ccccc1. The first-order chi connectivity index (χ1) is 14.6. The van der Waals surface area contributed by atoms with Crippen molar-refractivity contribution < 1.29 is 9.15 Å². The van der Waals surface area contributed by atoms with Gasteiger partial charge in [-0.25, -0.2) is 0 Å². The van der Waals surface area contributed by atoms with Crippen molar-refractivity contribution in [2.75, 3.05) is 25.0 Å². The van der Waals surface area contributed by atoms with Crippen LogP contribution in [0, 0.1) is 11.3 Å². The molecule has 1 atom stereocenters. The minimum absolute atomic E-state index is 0.121. The van der Waals surface area contributed by atoms with Crippen LogP contribution in [0.25, 0.3) is 0 Å². The summed E-state index contributed by atoms with van der Waals surface area (Å²) in [6.45, 7) is 6.82. The molecule has 0 fully saturated rings. The highest BCUT2D eigenvalue weighted by molar-refractivity contribution is 6.30. The molecule has 3 rings (SSSR count). The van der Waals surface area contributed by atoms with Gasteiger partial charge in [0, 0.05) is 11.6 Å². The van der Waals surface area contributed by atoms with Crippen molar-refractivity contribution in [1.29, 1.82) is 5.26 Å². The van der Waals surface area contributed by atoms with E-state index >= 15 is 0 Å². The smallest absolute Gasteiger partial charge is 0.236 e. The van der Waals surface area contributed by atoms with Gasteiger partial charge in [-0.1, -0.05) is 55.8 Å². The molecule has 0 spiro atoms. The van der Waals surface area contributed by atoms with Crippen LogP contribution in [0.1, 0.15) is 37.0 Å². The number of likely N-dealkylation sites (N-methyl/N-ethyl adjacent to an activating group) is 1. The maximum atomic E-state index is 9.45. The van der Waals surface area contributed by atoms with Crippen molar-refractivity contribution >= 4 is 17.5 Å². The zero-order chi connectivity index (χ0) is 21.3. The minimum atomic E-state index is 0.121. The Morgan fingerprint density at radius 1 is 1.13 bits per heavy atom. The molecule has 0 aliphatic heterocycles. The Hall–Kier alpha value is -3.01.